The Morgan fingerprint density at radius 1 is 1.33 bits per heavy atom. The third-order valence-corrected chi connectivity index (χ3v) is 6.85. The molecule has 0 aliphatic carbocycles. The van der Waals surface area contributed by atoms with Crippen LogP contribution in [0.1, 0.15) is 44.2 Å². The standard InChI is InChI=1S/C19H23F2N3O5S/c1-2-14(13-5-3-4-6-16(13)29-19(20)21)22-18(26)15-7-8-17(25)24(23-15)12-9-10-30(27,28)11-12/h3-6,12,14,19H,2,7-11H2,1H3,(H,22,26). The molecule has 0 aromatic heterocycles. The summed E-state index contributed by atoms with van der Waals surface area (Å²) in [6.07, 6.45) is 0.853. The van der Waals surface area contributed by atoms with E-state index >= 15 is 0 Å². The summed E-state index contributed by atoms with van der Waals surface area (Å²) < 4.78 is 53.4. The predicted molar refractivity (Wildman–Crippen MR) is 105 cm³/mol. The topological polar surface area (TPSA) is 105 Å². The Morgan fingerprint density at radius 3 is 2.70 bits per heavy atom. The van der Waals surface area contributed by atoms with Gasteiger partial charge in [0.25, 0.3) is 5.91 Å². The fourth-order valence-corrected chi connectivity index (χ4v) is 5.29. The molecule has 164 valence electrons. The summed E-state index contributed by atoms with van der Waals surface area (Å²) in [5.41, 5.74) is 0.504. The number of para-hydroxylation sites is 1. The molecule has 2 aliphatic rings. The van der Waals surface area contributed by atoms with Crippen molar-refractivity contribution >= 4 is 27.4 Å². The van der Waals surface area contributed by atoms with Gasteiger partial charge in [-0.1, -0.05) is 25.1 Å². The summed E-state index contributed by atoms with van der Waals surface area (Å²) in [7, 11) is -3.22. The minimum atomic E-state index is -3.22. The van der Waals surface area contributed by atoms with E-state index in [0.29, 0.717) is 12.0 Å². The van der Waals surface area contributed by atoms with Crippen molar-refractivity contribution in [1.29, 1.82) is 0 Å². The van der Waals surface area contributed by atoms with Crippen molar-refractivity contribution in [3.05, 3.63) is 29.8 Å². The highest BCUT2D eigenvalue weighted by molar-refractivity contribution is 7.91. The van der Waals surface area contributed by atoms with Crippen LogP contribution in [-0.4, -0.2) is 55.1 Å². The van der Waals surface area contributed by atoms with Gasteiger partial charge in [0.1, 0.15) is 11.5 Å². The molecular formula is C19H23F2N3O5S. The lowest BCUT2D eigenvalue weighted by Crippen LogP contribution is -2.44. The van der Waals surface area contributed by atoms with Crippen LogP contribution in [-0.2, 0) is 19.4 Å². The van der Waals surface area contributed by atoms with Gasteiger partial charge in [-0.25, -0.2) is 13.4 Å². The second kappa shape index (κ2) is 9.07. The van der Waals surface area contributed by atoms with Crippen LogP contribution in [0.3, 0.4) is 0 Å². The molecule has 1 aromatic rings. The Morgan fingerprint density at radius 2 is 2.07 bits per heavy atom. The van der Waals surface area contributed by atoms with Crippen LogP contribution in [0.2, 0.25) is 0 Å². The molecule has 2 heterocycles. The second-order valence-electron chi connectivity index (χ2n) is 7.19. The lowest BCUT2D eigenvalue weighted by molar-refractivity contribution is -0.133. The molecule has 30 heavy (non-hydrogen) atoms. The van der Waals surface area contributed by atoms with Crippen molar-refractivity contribution in [3.63, 3.8) is 0 Å². The number of rotatable bonds is 7. The number of hydrazone groups is 1. The lowest BCUT2D eigenvalue weighted by atomic mass is 10.0. The zero-order valence-corrected chi connectivity index (χ0v) is 17.2. The first-order valence-corrected chi connectivity index (χ1v) is 11.5. The first-order chi connectivity index (χ1) is 14.2. The number of hydrogen-bond donors (Lipinski definition) is 1. The number of benzene rings is 1. The van der Waals surface area contributed by atoms with Crippen LogP contribution in [0.4, 0.5) is 8.78 Å². The lowest BCUT2D eigenvalue weighted by Gasteiger charge is -2.28. The number of halogens is 2. The smallest absolute Gasteiger partial charge is 0.387 e. The van der Waals surface area contributed by atoms with Crippen molar-refractivity contribution in [2.24, 2.45) is 5.10 Å². The molecule has 2 unspecified atom stereocenters. The minimum Gasteiger partial charge on any atom is -0.434 e. The molecule has 8 nitrogen and oxygen atoms in total. The summed E-state index contributed by atoms with van der Waals surface area (Å²) in [6, 6.07) is 5.02. The second-order valence-corrected chi connectivity index (χ2v) is 9.42. The number of carbonyl (C=O) groups is 2. The molecule has 0 saturated carbocycles. The summed E-state index contributed by atoms with van der Waals surface area (Å²) in [5.74, 6) is -1.08. The van der Waals surface area contributed by atoms with Crippen molar-refractivity contribution in [2.75, 3.05) is 11.5 Å². The van der Waals surface area contributed by atoms with Crippen LogP contribution in [0.5, 0.6) is 5.75 Å². The van der Waals surface area contributed by atoms with Gasteiger partial charge in [0.15, 0.2) is 9.84 Å². The molecule has 1 saturated heterocycles. The summed E-state index contributed by atoms with van der Waals surface area (Å²) in [4.78, 5) is 25.0. The van der Waals surface area contributed by atoms with E-state index in [9.17, 15) is 26.8 Å². The SMILES string of the molecule is CCC(NC(=O)C1=NN(C2CCS(=O)(=O)C2)C(=O)CC1)c1ccccc1OC(F)F. The van der Waals surface area contributed by atoms with Crippen LogP contribution in [0.15, 0.2) is 29.4 Å². The normalized spacial score (nSPS) is 22.0. The fraction of sp³-hybridized carbons (Fsp3) is 0.526. The Labute approximate surface area is 173 Å². The van der Waals surface area contributed by atoms with Crippen molar-refractivity contribution < 1.29 is 31.5 Å². The van der Waals surface area contributed by atoms with Gasteiger partial charge in [-0.3, -0.25) is 9.59 Å². The highest BCUT2D eigenvalue weighted by atomic mass is 32.2. The van der Waals surface area contributed by atoms with Crippen LogP contribution in [0.25, 0.3) is 0 Å². The summed E-state index contributed by atoms with van der Waals surface area (Å²) >= 11 is 0. The van der Waals surface area contributed by atoms with E-state index < -0.39 is 34.4 Å². The fourth-order valence-electron chi connectivity index (χ4n) is 3.60. The molecule has 0 bridgehead atoms. The van der Waals surface area contributed by atoms with E-state index in [0.717, 1.165) is 5.01 Å². The summed E-state index contributed by atoms with van der Waals surface area (Å²) in [6.45, 7) is -1.21. The monoisotopic (exact) mass is 443 g/mol. The van der Waals surface area contributed by atoms with Crippen LogP contribution < -0.4 is 10.1 Å². The van der Waals surface area contributed by atoms with E-state index in [1.807, 2.05) is 0 Å². The molecule has 1 N–H and O–H groups in total. The first kappa shape index (κ1) is 22.1. The van der Waals surface area contributed by atoms with E-state index in [1.165, 1.54) is 6.07 Å². The Hall–Kier alpha value is -2.56. The zero-order valence-electron chi connectivity index (χ0n) is 16.4. The molecule has 2 atom stereocenters. The Balaban J connectivity index is 1.77. The average molecular weight is 443 g/mol. The highest BCUT2D eigenvalue weighted by Crippen LogP contribution is 2.29. The number of ether oxygens (including phenoxy) is 1. The van der Waals surface area contributed by atoms with Crippen LogP contribution in [0, 0.1) is 0 Å². The van der Waals surface area contributed by atoms with Gasteiger partial charge >= 0.3 is 6.61 Å². The summed E-state index contributed by atoms with van der Waals surface area (Å²) in [5, 5.41) is 8.00. The molecule has 2 amide bonds. The first-order valence-electron chi connectivity index (χ1n) is 9.64. The van der Waals surface area contributed by atoms with E-state index in [-0.39, 0.29) is 48.1 Å². The van der Waals surface area contributed by atoms with Crippen molar-refractivity contribution in [3.8, 4) is 5.75 Å². The number of amides is 2. The third kappa shape index (κ3) is 5.13. The van der Waals surface area contributed by atoms with Gasteiger partial charge < -0.3 is 10.1 Å². The van der Waals surface area contributed by atoms with Gasteiger partial charge in [-0.05, 0) is 18.9 Å². The highest BCUT2D eigenvalue weighted by Gasteiger charge is 2.37. The van der Waals surface area contributed by atoms with E-state index in [4.69, 9.17) is 0 Å². The number of carbonyl (C=O) groups excluding carboxylic acids is 2. The molecule has 3 rings (SSSR count). The Bertz CT molecular complexity index is 951. The molecule has 0 spiro atoms. The molecule has 1 aromatic carbocycles. The van der Waals surface area contributed by atoms with Crippen LogP contribution >= 0.6 is 0 Å². The van der Waals surface area contributed by atoms with Gasteiger partial charge in [0, 0.05) is 18.4 Å². The predicted octanol–water partition coefficient (Wildman–Crippen LogP) is 2.02. The molecule has 0 radical (unpaired) electrons. The molecule has 2 aliphatic heterocycles. The molecular weight excluding hydrogens is 420 g/mol. The van der Waals surface area contributed by atoms with Gasteiger partial charge in [0.05, 0.1) is 23.6 Å². The number of sulfone groups is 1. The maximum atomic E-state index is 12.8. The van der Waals surface area contributed by atoms with Crippen molar-refractivity contribution in [2.45, 2.75) is 51.3 Å². The number of alkyl halides is 2. The minimum absolute atomic E-state index is 0.0165. The number of nitrogens with zero attached hydrogens (tertiary/aromatic N) is 2. The Kier molecular flexibility index (Phi) is 6.69. The van der Waals surface area contributed by atoms with E-state index in [1.54, 1.807) is 25.1 Å². The third-order valence-electron chi connectivity index (χ3n) is 5.10. The molecule has 1 fully saturated rings. The average Bonchev–Trinajstić information content (AvgIpc) is 3.06. The van der Waals surface area contributed by atoms with Crippen molar-refractivity contribution in [1.82, 2.24) is 10.3 Å². The maximum Gasteiger partial charge on any atom is 0.387 e. The largest absolute Gasteiger partial charge is 0.434 e. The van der Waals surface area contributed by atoms with Gasteiger partial charge in [-0.2, -0.15) is 13.9 Å². The quantitative estimate of drug-likeness (QED) is 0.694. The zero-order chi connectivity index (χ0) is 21.9. The van der Waals surface area contributed by atoms with Gasteiger partial charge in [0.2, 0.25) is 5.91 Å². The van der Waals surface area contributed by atoms with Gasteiger partial charge in [-0.15, -0.1) is 0 Å². The van der Waals surface area contributed by atoms with E-state index in [2.05, 4.69) is 15.2 Å². The number of hydrogen-bond acceptors (Lipinski definition) is 6. The molecule has 11 heteroatoms. The number of nitrogens with one attached hydrogen (secondary N) is 1. The maximum absolute atomic E-state index is 12.8.